The Morgan fingerprint density at radius 2 is 2.30 bits per heavy atom. The number of rotatable bonds is 6. The highest BCUT2D eigenvalue weighted by molar-refractivity contribution is 8.24. The highest BCUT2D eigenvalue weighted by Crippen LogP contribution is 2.42. The number of hydroxylamine groups is 2. The molecule has 1 aliphatic heterocycles. The maximum Gasteiger partial charge on any atom is 0.343 e. The van der Waals surface area contributed by atoms with Crippen LogP contribution in [0.25, 0.3) is 0 Å². The Hall–Kier alpha value is -1.42. The summed E-state index contributed by atoms with van der Waals surface area (Å²) in [6.07, 6.45) is 2.09. The average Bonchev–Trinajstić information content (AvgIpc) is 2.82. The van der Waals surface area contributed by atoms with Gasteiger partial charge in [-0.3, -0.25) is 5.21 Å². The maximum atomic E-state index is 14.0. The molecule has 0 spiro atoms. The molecule has 1 fully saturated rings. The maximum absolute atomic E-state index is 14.0. The zero-order chi connectivity index (χ0) is 20.2. The molecule has 0 bridgehead atoms. The van der Waals surface area contributed by atoms with Gasteiger partial charge in [0.25, 0.3) is 0 Å². The third-order valence-corrected chi connectivity index (χ3v) is 5.81. The van der Waals surface area contributed by atoms with Gasteiger partial charge in [0.2, 0.25) is 0 Å². The molecule has 1 atom stereocenters. The number of carbonyl (C=O) groups excluding carboxylic acids is 1. The molecule has 1 aliphatic rings. The number of benzene rings is 1. The smallest absolute Gasteiger partial charge is 0.336 e. The summed E-state index contributed by atoms with van der Waals surface area (Å²) in [6.45, 7) is 6.12. The fraction of sp³-hybridized carbons (Fsp3) is 0.471. The van der Waals surface area contributed by atoms with Gasteiger partial charge < -0.3 is 5.32 Å². The number of thiocarbonyl (C=S) groups is 1. The van der Waals surface area contributed by atoms with Gasteiger partial charge in [-0.05, 0) is 32.4 Å². The van der Waals surface area contributed by atoms with Gasteiger partial charge in [-0.2, -0.15) is 10.2 Å². The number of thioether (sulfide) groups is 1. The molecule has 0 radical (unpaired) electrons. The van der Waals surface area contributed by atoms with Crippen LogP contribution in [0, 0.1) is 5.82 Å². The van der Waals surface area contributed by atoms with Crippen molar-refractivity contribution in [1.82, 2.24) is 15.4 Å². The molecule has 1 aromatic carbocycles. The Morgan fingerprint density at radius 1 is 1.59 bits per heavy atom. The first kappa shape index (κ1) is 21.9. The van der Waals surface area contributed by atoms with Crippen molar-refractivity contribution in [1.29, 1.82) is 0 Å². The highest BCUT2D eigenvalue weighted by Gasteiger charge is 2.50. The van der Waals surface area contributed by atoms with Crippen molar-refractivity contribution in [3.63, 3.8) is 0 Å². The minimum absolute atomic E-state index is 0.104. The molecule has 1 aromatic rings. The van der Waals surface area contributed by atoms with Gasteiger partial charge in [0, 0.05) is 12.1 Å². The van der Waals surface area contributed by atoms with Crippen LogP contribution in [0.2, 0.25) is 5.02 Å². The topological polar surface area (TPSA) is 68.2 Å². The molecule has 27 heavy (non-hydrogen) atoms. The zero-order valence-electron chi connectivity index (χ0n) is 15.3. The number of halogens is 2. The number of nitrogens with zero attached hydrogens (tertiary/aromatic N) is 3. The van der Waals surface area contributed by atoms with E-state index in [-0.39, 0.29) is 10.6 Å². The third kappa shape index (κ3) is 5.10. The van der Waals surface area contributed by atoms with Crippen molar-refractivity contribution in [2.75, 3.05) is 6.54 Å². The van der Waals surface area contributed by atoms with Crippen LogP contribution in [0.4, 0.5) is 9.18 Å². The molecule has 1 unspecified atom stereocenters. The highest BCUT2D eigenvalue weighted by atomic mass is 35.5. The van der Waals surface area contributed by atoms with E-state index in [4.69, 9.17) is 23.8 Å². The van der Waals surface area contributed by atoms with E-state index in [1.165, 1.54) is 35.1 Å². The summed E-state index contributed by atoms with van der Waals surface area (Å²) in [5, 5.41) is 19.4. The number of carbonyl (C=O) groups is 1. The molecule has 0 aliphatic carbocycles. The van der Waals surface area contributed by atoms with Crippen molar-refractivity contribution >= 4 is 52.1 Å². The lowest BCUT2D eigenvalue weighted by Crippen LogP contribution is -2.55. The van der Waals surface area contributed by atoms with Crippen molar-refractivity contribution in [3.8, 4) is 0 Å². The van der Waals surface area contributed by atoms with Crippen LogP contribution < -0.4 is 5.32 Å². The number of hydrazone groups is 1. The normalized spacial score (nSPS) is 19.0. The molecule has 2 rings (SSSR count). The summed E-state index contributed by atoms with van der Waals surface area (Å²) in [5.41, 5.74) is 0.104. The second-order valence-electron chi connectivity index (χ2n) is 6.50. The van der Waals surface area contributed by atoms with Crippen LogP contribution in [-0.2, 0) is 0 Å². The van der Waals surface area contributed by atoms with Gasteiger partial charge in [0.1, 0.15) is 5.82 Å². The van der Waals surface area contributed by atoms with Crippen LogP contribution in [-0.4, -0.2) is 49.3 Å². The fourth-order valence-electron chi connectivity index (χ4n) is 2.55. The Kier molecular flexibility index (Phi) is 7.44. The van der Waals surface area contributed by atoms with E-state index in [0.29, 0.717) is 15.9 Å². The number of hydrogen-bond acceptors (Lipinski definition) is 5. The van der Waals surface area contributed by atoms with Gasteiger partial charge in [0.05, 0.1) is 16.0 Å². The predicted octanol–water partition coefficient (Wildman–Crippen LogP) is 4.45. The summed E-state index contributed by atoms with van der Waals surface area (Å²) >= 11 is 12.6. The van der Waals surface area contributed by atoms with Crippen molar-refractivity contribution in [3.05, 3.63) is 34.6 Å². The first-order valence-corrected chi connectivity index (χ1v) is 10.1. The van der Waals surface area contributed by atoms with Gasteiger partial charge in [-0.15, -0.1) is 0 Å². The minimum atomic E-state index is -0.863. The standard InChI is InChI=1S/C17H22ClFN4O2S2/c1-4-5-9-20-15(24)23(25)14-17(2,3)27-16(26)22(14)21-10-11-12(18)7-6-8-13(11)19/h6-8,10,14,25H,4-5,9H2,1-3H3,(H,20,24)/b21-10+. The molecule has 0 saturated carbocycles. The largest absolute Gasteiger partial charge is 0.343 e. The Balaban J connectivity index is 2.26. The van der Waals surface area contributed by atoms with E-state index >= 15 is 0 Å². The summed E-state index contributed by atoms with van der Waals surface area (Å²) in [4.78, 5) is 12.3. The molecular weight excluding hydrogens is 411 g/mol. The SMILES string of the molecule is CCCCNC(=O)N(O)C1N(/N=C/c2c(F)cccc2Cl)C(=S)SC1(C)C. The van der Waals surface area contributed by atoms with Crippen molar-refractivity contribution < 1.29 is 14.4 Å². The molecule has 6 nitrogen and oxygen atoms in total. The second-order valence-corrected chi connectivity index (χ2v) is 9.19. The van der Waals surface area contributed by atoms with Gasteiger partial charge in [0.15, 0.2) is 10.5 Å². The van der Waals surface area contributed by atoms with Gasteiger partial charge in [-0.1, -0.05) is 55.0 Å². The number of unbranched alkanes of at least 4 members (excludes halogenated alkanes) is 1. The summed E-state index contributed by atoms with van der Waals surface area (Å²) < 4.78 is 13.7. The Bertz CT molecular complexity index is 727. The molecule has 1 heterocycles. The molecule has 148 valence electrons. The van der Waals surface area contributed by atoms with Crippen LogP contribution in [0.3, 0.4) is 0 Å². The van der Waals surface area contributed by atoms with E-state index in [1.807, 2.05) is 20.8 Å². The summed E-state index contributed by atoms with van der Waals surface area (Å²) in [6, 6.07) is 3.67. The van der Waals surface area contributed by atoms with Crippen LogP contribution >= 0.6 is 35.6 Å². The lowest BCUT2D eigenvalue weighted by atomic mass is 10.1. The summed E-state index contributed by atoms with van der Waals surface area (Å²) in [5.74, 6) is -0.530. The lowest BCUT2D eigenvalue weighted by molar-refractivity contribution is -0.118. The lowest BCUT2D eigenvalue weighted by Gasteiger charge is -2.34. The first-order valence-electron chi connectivity index (χ1n) is 8.45. The van der Waals surface area contributed by atoms with E-state index in [2.05, 4.69) is 10.4 Å². The van der Waals surface area contributed by atoms with Crippen molar-refractivity contribution in [2.24, 2.45) is 5.10 Å². The molecular formula is C17H22ClFN4O2S2. The average molecular weight is 433 g/mol. The van der Waals surface area contributed by atoms with Gasteiger partial charge in [-0.25, -0.2) is 14.2 Å². The van der Waals surface area contributed by atoms with Crippen LogP contribution in [0.15, 0.2) is 23.3 Å². The minimum Gasteiger partial charge on any atom is -0.336 e. The zero-order valence-corrected chi connectivity index (χ0v) is 17.7. The van der Waals surface area contributed by atoms with Crippen LogP contribution in [0.1, 0.15) is 39.2 Å². The monoisotopic (exact) mass is 432 g/mol. The van der Waals surface area contributed by atoms with Crippen molar-refractivity contribution in [2.45, 2.75) is 44.5 Å². The Labute approximate surface area is 172 Å². The fourth-order valence-corrected chi connectivity index (χ4v) is 4.54. The van der Waals surface area contributed by atoms with Crippen LogP contribution in [0.5, 0.6) is 0 Å². The quantitative estimate of drug-likeness (QED) is 0.228. The van der Waals surface area contributed by atoms with E-state index < -0.39 is 22.8 Å². The van der Waals surface area contributed by atoms with Gasteiger partial charge >= 0.3 is 6.03 Å². The second kappa shape index (κ2) is 9.18. The Morgan fingerprint density at radius 3 is 2.93 bits per heavy atom. The molecule has 10 heteroatoms. The summed E-state index contributed by atoms with van der Waals surface area (Å²) in [7, 11) is 0. The number of hydrogen-bond donors (Lipinski definition) is 2. The van der Waals surface area contributed by atoms with E-state index in [1.54, 1.807) is 6.07 Å². The predicted molar refractivity (Wildman–Crippen MR) is 111 cm³/mol. The molecule has 0 aromatic heterocycles. The number of nitrogens with one attached hydrogen (secondary N) is 1. The molecule has 2 N–H and O–H groups in total. The molecule has 2 amide bonds. The van der Waals surface area contributed by atoms with E-state index in [0.717, 1.165) is 12.8 Å². The molecule has 1 saturated heterocycles. The first-order chi connectivity index (χ1) is 12.7. The van der Waals surface area contributed by atoms with E-state index in [9.17, 15) is 14.4 Å². The number of urea groups is 1. The third-order valence-electron chi connectivity index (χ3n) is 3.95. The number of amides is 2.